The standard InChI is InChI=1S/C8H13N3O3/c1-13-3-2-4-14-8(12)7-6(9)5-10-11-7/h5H,2-4,9H2,1H3,(H,10,11). The molecule has 1 rings (SSSR count). The summed E-state index contributed by atoms with van der Waals surface area (Å²) < 4.78 is 9.70. The maximum absolute atomic E-state index is 11.3. The molecule has 0 aliphatic heterocycles. The number of anilines is 1. The third-order valence-corrected chi connectivity index (χ3v) is 1.60. The van der Waals surface area contributed by atoms with E-state index in [1.807, 2.05) is 0 Å². The van der Waals surface area contributed by atoms with E-state index in [9.17, 15) is 4.79 Å². The Kier molecular flexibility index (Phi) is 3.93. The van der Waals surface area contributed by atoms with Gasteiger partial charge in [-0.3, -0.25) is 5.10 Å². The highest BCUT2D eigenvalue weighted by Gasteiger charge is 2.12. The fourth-order valence-corrected chi connectivity index (χ4v) is 0.899. The summed E-state index contributed by atoms with van der Waals surface area (Å²) in [5.41, 5.74) is 5.94. The van der Waals surface area contributed by atoms with E-state index in [1.54, 1.807) is 7.11 Å². The summed E-state index contributed by atoms with van der Waals surface area (Å²) in [6.07, 6.45) is 2.03. The molecule has 0 aromatic carbocycles. The molecule has 0 saturated heterocycles. The van der Waals surface area contributed by atoms with E-state index in [0.29, 0.717) is 25.3 Å². The van der Waals surface area contributed by atoms with Crippen molar-refractivity contribution in [2.24, 2.45) is 0 Å². The number of aromatic amines is 1. The Balaban J connectivity index is 2.32. The molecule has 0 amide bonds. The van der Waals surface area contributed by atoms with Crippen molar-refractivity contribution in [1.29, 1.82) is 0 Å². The van der Waals surface area contributed by atoms with Crippen LogP contribution in [0.5, 0.6) is 0 Å². The van der Waals surface area contributed by atoms with Crippen molar-refractivity contribution in [3.05, 3.63) is 11.9 Å². The minimum atomic E-state index is -0.490. The lowest BCUT2D eigenvalue weighted by atomic mass is 10.4. The zero-order chi connectivity index (χ0) is 10.4. The van der Waals surface area contributed by atoms with Crippen molar-refractivity contribution in [2.45, 2.75) is 6.42 Å². The lowest BCUT2D eigenvalue weighted by molar-refractivity contribution is 0.0463. The monoisotopic (exact) mass is 199 g/mol. The quantitative estimate of drug-likeness (QED) is 0.521. The highest BCUT2D eigenvalue weighted by molar-refractivity contribution is 5.92. The maximum atomic E-state index is 11.3. The van der Waals surface area contributed by atoms with Gasteiger partial charge in [0.1, 0.15) is 0 Å². The lowest BCUT2D eigenvalue weighted by Crippen LogP contribution is -2.10. The van der Waals surface area contributed by atoms with Gasteiger partial charge in [-0.15, -0.1) is 0 Å². The Hall–Kier alpha value is -1.56. The summed E-state index contributed by atoms with van der Waals surface area (Å²) in [5.74, 6) is -0.490. The Morgan fingerprint density at radius 1 is 1.64 bits per heavy atom. The highest BCUT2D eigenvalue weighted by Crippen LogP contribution is 2.07. The second-order valence-electron chi connectivity index (χ2n) is 2.68. The van der Waals surface area contributed by atoms with Gasteiger partial charge in [-0.2, -0.15) is 5.10 Å². The van der Waals surface area contributed by atoms with E-state index < -0.39 is 5.97 Å². The Morgan fingerprint density at radius 2 is 2.43 bits per heavy atom. The summed E-state index contributed by atoms with van der Waals surface area (Å²) in [7, 11) is 1.59. The largest absolute Gasteiger partial charge is 0.461 e. The third kappa shape index (κ3) is 2.74. The highest BCUT2D eigenvalue weighted by atomic mass is 16.5. The number of methoxy groups -OCH3 is 1. The Labute approximate surface area is 81.4 Å². The zero-order valence-corrected chi connectivity index (χ0v) is 7.95. The number of nitrogens with one attached hydrogen (secondary N) is 1. The van der Waals surface area contributed by atoms with Crippen LogP contribution in [0.15, 0.2) is 6.20 Å². The minimum absolute atomic E-state index is 0.197. The van der Waals surface area contributed by atoms with E-state index in [-0.39, 0.29) is 5.69 Å². The first-order chi connectivity index (χ1) is 6.75. The summed E-state index contributed by atoms with van der Waals surface area (Å²) in [6, 6.07) is 0. The van der Waals surface area contributed by atoms with Crippen LogP contribution in [0.2, 0.25) is 0 Å². The van der Waals surface area contributed by atoms with Gasteiger partial charge in [-0.05, 0) is 0 Å². The number of carbonyl (C=O) groups excluding carboxylic acids is 1. The van der Waals surface area contributed by atoms with Gasteiger partial charge in [0.2, 0.25) is 0 Å². The molecular formula is C8H13N3O3. The second-order valence-corrected chi connectivity index (χ2v) is 2.68. The van der Waals surface area contributed by atoms with E-state index in [2.05, 4.69) is 10.2 Å². The number of ether oxygens (including phenoxy) is 2. The number of hydrogen-bond donors (Lipinski definition) is 2. The van der Waals surface area contributed by atoms with Gasteiger partial charge in [0, 0.05) is 20.1 Å². The molecule has 0 unspecified atom stereocenters. The van der Waals surface area contributed by atoms with Crippen LogP contribution in [0.25, 0.3) is 0 Å². The van der Waals surface area contributed by atoms with Crippen LogP contribution in [0.3, 0.4) is 0 Å². The summed E-state index contributed by atoms with van der Waals surface area (Å²) in [5, 5.41) is 6.08. The maximum Gasteiger partial charge on any atom is 0.358 e. The average molecular weight is 199 g/mol. The first kappa shape index (κ1) is 10.5. The molecule has 78 valence electrons. The van der Waals surface area contributed by atoms with Gasteiger partial charge < -0.3 is 15.2 Å². The van der Waals surface area contributed by atoms with Crippen molar-refractivity contribution in [3.8, 4) is 0 Å². The van der Waals surface area contributed by atoms with Crippen molar-refractivity contribution in [3.63, 3.8) is 0 Å². The molecule has 6 nitrogen and oxygen atoms in total. The molecule has 3 N–H and O–H groups in total. The van der Waals surface area contributed by atoms with Gasteiger partial charge >= 0.3 is 5.97 Å². The predicted octanol–water partition coefficient (Wildman–Crippen LogP) is 0.185. The third-order valence-electron chi connectivity index (χ3n) is 1.60. The molecule has 0 aliphatic rings. The molecule has 1 heterocycles. The number of H-pyrrole nitrogens is 1. The first-order valence-electron chi connectivity index (χ1n) is 4.20. The summed E-state index contributed by atoms with van der Waals surface area (Å²) >= 11 is 0. The first-order valence-corrected chi connectivity index (χ1v) is 4.20. The van der Waals surface area contributed by atoms with Crippen LogP contribution in [0.1, 0.15) is 16.9 Å². The van der Waals surface area contributed by atoms with Gasteiger partial charge in [0.15, 0.2) is 5.69 Å². The number of aromatic nitrogens is 2. The number of rotatable bonds is 5. The SMILES string of the molecule is COCCCOC(=O)c1[nH]ncc1N. The fraction of sp³-hybridized carbons (Fsp3) is 0.500. The van der Waals surface area contributed by atoms with Crippen molar-refractivity contribution in [2.75, 3.05) is 26.1 Å². The van der Waals surface area contributed by atoms with Crippen molar-refractivity contribution < 1.29 is 14.3 Å². The van der Waals surface area contributed by atoms with Crippen LogP contribution >= 0.6 is 0 Å². The van der Waals surface area contributed by atoms with Gasteiger partial charge in [-0.25, -0.2) is 4.79 Å². The molecule has 0 aliphatic carbocycles. The number of nitrogens with two attached hydrogens (primary N) is 1. The molecule has 6 heteroatoms. The van der Waals surface area contributed by atoms with Crippen LogP contribution < -0.4 is 5.73 Å². The second kappa shape index (κ2) is 5.23. The number of carbonyl (C=O) groups is 1. The van der Waals surface area contributed by atoms with Crippen LogP contribution in [-0.2, 0) is 9.47 Å². The van der Waals surface area contributed by atoms with E-state index in [0.717, 1.165) is 0 Å². The van der Waals surface area contributed by atoms with Crippen LogP contribution in [-0.4, -0.2) is 36.5 Å². The average Bonchev–Trinajstić information content (AvgIpc) is 2.59. The van der Waals surface area contributed by atoms with Crippen molar-refractivity contribution >= 4 is 11.7 Å². The fourth-order valence-electron chi connectivity index (χ4n) is 0.899. The van der Waals surface area contributed by atoms with Gasteiger partial charge in [0.25, 0.3) is 0 Å². The van der Waals surface area contributed by atoms with Crippen LogP contribution in [0, 0.1) is 0 Å². The van der Waals surface area contributed by atoms with Crippen molar-refractivity contribution in [1.82, 2.24) is 10.2 Å². The normalized spacial score (nSPS) is 10.1. The number of nitrogens with zero attached hydrogens (tertiary/aromatic N) is 1. The van der Waals surface area contributed by atoms with Crippen LogP contribution in [0.4, 0.5) is 5.69 Å². The summed E-state index contributed by atoms with van der Waals surface area (Å²) in [6.45, 7) is 0.872. The molecular weight excluding hydrogens is 186 g/mol. The zero-order valence-electron chi connectivity index (χ0n) is 7.95. The molecule has 1 aromatic rings. The topological polar surface area (TPSA) is 90.2 Å². The molecule has 0 bridgehead atoms. The van der Waals surface area contributed by atoms with Gasteiger partial charge in [0.05, 0.1) is 18.5 Å². The molecule has 14 heavy (non-hydrogen) atoms. The lowest BCUT2D eigenvalue weighted by Gasteiger charge is -2.02. The van der Waals surface area contributed by atoms with E-state index in [1.165, 1.54) is 6.20 Å². The van der Waals surface area contributed by atoms with E-state index in [4.69, 9.17) is 15.2 Å². The molecule has 0 spiro atoms. The van der Waals surface area contributed by atoms with E-state index >= 15 is 0 Å². The summed E-state index contributed by atoms with van der Waals surface area (Å²) in [4.78, 5) is 11.3. The number of esters is 1. The molecule has 0 fully saturated rings. The molecule has 0 saturated carbocycles. The molecule has 1 aromatic heterocycles. The molecule has 0 radical (unpaired) electrons. The molecule has 0 atom stereocenters. The number of nitrogen functional groups attached to an aromatic ring is 1. The predicted molar refractivity (Wildman–Crippen MR) is 49.8 cm³/mol. The Bertz CT molecular complexity index is 298. The van der Waals surface area contributed by atoms with Gasteiger partial charge in [-0.1, -0.05) is 0 Å². The minimum Gasteiger partial charge on any atom is -0.461 e. The smallest absolute Gasteiger partial charge is 0.358 e. The number of hydrogen-bond acceptors (Lipinski definition) is 5. The Morgan fingerprint density at radius 3 is 3.00 bits per heavy atom.